The van der Waals surface area contributed by atoms with E-state index >= 15 is 0 Å². The minimum atomic E-state index is 0. The third-order valence-corrected chi connectivity index (χ3v) is 2.86. The topological polar surface area (TPSA) is 0 Å². The molecule has 2 aliphatic rings. The van der Waals surface area contributed by atoms with E-state index in [1.54, 1.807) is 0 Å². The number of halogens is 2. The van der Waals surface area contributed by atoms with E-state index in [0.29, 0.717) is 0 Å². The van der Waals surface area contributed by atoms with E-state index in [1.165, 1.54) is 28.7 Å². The Hall–Kier alpha value is 0.410. The number of hydrogen-bond acceptors (Lipinski definition) is 0. The Morgan fingerprint density at radius 1 is 0.947 bits per heavy atom. The molecule has 0 radical (unpaired) electrons. The zero-order valence-electron chi connectivity index (χ0n) is 12.2. The van der Waals surface area contributed by atoms with E-state index < -0.39 is 0 Å². The standard InChI is InChI=1S/C9H13.C7H9.2ClH.Hf/c1-3-8-5-6-9(4-2)7-8;1-6-3-4-7(2)5-6;;;/h5H,3-4,6H2,1-2H3;3H,4H2,1-2H3;2*1H;/q2*-1;;;+4/p-2. The molecule has 0 bridgehead atoms. The van der Waals surface area contributed by atoms with E-state index in [0.717, 1.165) is 19.3 Å². The van der Waals surface area contributed by atoms with Crippen LogP contribution in [0.2, 0.25) is 0 Å². The molecule has 2 rings (SSSR count). The summed E-state index contributed by atoms with van der Waals surface area (Å²) in [6, 6.07) is 0. The van der Waals surface area contributed by atoms with E-state index in [2.05, 4.69) is 52.0 Å². The van der Waals surface area contributed by atoms with Crippen molar-refractivity contribution in [2.24, 2.45) is 0 Å². The van der Waals surface area contributed by atoms with Gasteiger partial charge in [0.2, 0.25) is 0 Å². The van der Waals surface area contributed by atoms with Gasteiger partial charge in [-0.15, -0.1) is 0 Å². The molecule has 0 aliphatic heterocycles. The molecule has 0 atom stereocenters. The van der Waals surface area contributed by atoms with E-state index in [-0.39, 0.29) is 50.7 Å². The summed E-state index contributed by atoms with van der Waals surface area (Å²) >= 11 is 0. The minimum absolute atomic E-state index is 0. The second-order valence-electron chi connectivity index (χ2n) is 4.37. The van der Waals surface area contributed by atoms with Crippen LogP contribution in [0.4, 0.5) is 0 Å². The summed E-state index contributed by atoms with van der Waals surface area (Å²) in [4.78, 5) is 0. The molecule has 0 nitrogen and oxygen atoms in total. The molecule has 0 unspecified atom stereocenters. The summed E-state index contributed by atoms with van der Waals surface area (Å²) in [6.45, 7) is 8.55. The molecular weight excluding hydrogens is 442 g/mol. The zero-order chi connectivity index (χ0) is 12.0. The zero-order valence-corrected chi connectivity index (χ0v) is 17.3. The molecule has 0 saturated carbocycles. The van der Waals surface area contributed by atoms with Crippen LogP contribution in [0.15, 0.2) is 34.4 Å². The number of allylic oxidation sites excluding steroid dienone is 8. The van der Waals surface area contributed by atoms with Crippen molar-refractivity contribution in [2.45, 2.75) is 53.4 Å². The molecule has 0 spiro atoms. The van der Waals surface area contributed by atoms with Crippen molar-refractivity contribution in [2.75, 3.05) is 0 Å². The molecular formula is C16H22Cl2Hf. The summed E-state index contributed by atoms with van der Waals surface area (Å²) in [5.41, 5.74) is 5.51. The first-order chi connectivity index (χ1) is 7.65. The van der Waals surface area contributed by atoms with Gasteiger partial charge < -0.3 is 24.8 Å². The molecule has 19 heavy (non-hydrogen) atoms. The fraction of sp³-hybridized carbons (Fsp3) is 0.500. The van der Waals surface area contributed by atoms with Crippen molar-refractivity contribution in [1.82, 2.24) is 0 Å². The number of hydrogen-bond donors (Lipinski definition) is 0. The second kappa shape index (κ2) is 13.4. The summed E-state index contributed by atoms with van der Waals surface area (Å²) in [5, 5.41) is 0. The molecule has 0 aromatic carbocycles. The van der Waals surface area contributed by atoms with Gasteiger partial charge in [-0.25, -0.2) is 29.4 Å². The van der Waals surface area contributed by atoms with Crippen LogP contribution in [0.25, 0.3) is 0 Å². The van der Waals surface area contributed by atoms with Gasteiger partial charge >= 0.3 is 25.8 Å². The summed E-state index contributed by atoms with van der Waals surface area (Å²) in [5.74, 6) is 0. The van der Waals surface area contributed by atoms with Crippen LogP contribution in [-0.4, -0.2) is 0 Å². The normalized spacial score (nSPS) is 15.4. The molecule has 0 amide bonds. The first kappa shape index (κ1) is 24.4. The van der Waals surface area contributed by atoms with Crippen LogP contribution >= 0.6 is 0 Å². The van der Waals surface area contributed by atoms with E-state index in [4.69, 9.17) is 0 Å². The van der Waals surface area contributed by atoms with Crippen molar-refractivity contribution in [1.29, 1.82) is 0 Å². The Balaban J connectivity index is -0.000000237. The van der Waals surface area contributed by atoms with Gasteiger partial charge in [0.1, 0.15) is 0 Å². The van der Waals surface area contributed by atoms with Crippen LogP contribution in [0, 0.1) is 12.2 Å². The van der Waals surface area contributed by atoms with Gasteiger partial charge in [0.25, 0.3) is 0 Å². The molecule has 0 aromatic rings. The summed E-state index contributed by atoms with van der Waals surface area (Å²) in [7, 11) is 0. The van der Waals surface area contributed by atoms with Gasteiger partial charge in [0, 0.05) is 0 Å². The Bertz CT molecular complexity index is 363. The van der Waals surface area contributed by atoms with Crippen LogP contribution in [-0.2, 0) is 25.8 Å². The summed E-state index contributed by atoms with van der Waals surface area (Å²) < 4.78 is 0. The minimum Gasteiger partial charge on any atom is -1.00 e. The molecule has 0 N–H and O–H groups in total. The quantitative estimate of drug-likeness (QED) is 0.363. The molecule has 3 heteroatoms. The maximum Gasteiger partial charge on any atom is 4.00 e. The predicted octanol–water partition coefficient (Wildman–Crippen LogP) is -1.04. The maximum absolute atomic E-state index is 3.37. The van der Waals surface area contributed by atoms with Crippen LogP contribution in [0.5, 0.6) is 0 Å². The van der Waals surface area contributed by atoms with Crippen molar-refractivity contribution >= 4 is 0 Å². The third-order valence-electron chi connectivity index (χ3n) is 2.86. The van der Waals surface area contributed by atoms with E-state index in [9.17, 15) is 0 Å². The first-order valence-corrected chi connectivity index (χ1v) is 6.22. The molecule has 0 saturated heterocycles. The van der Waals surface area contributed by atoms with Crippen LogP contribution in [0.1, 0.15) is 53.4 Å². The Morgan fingerprint density at radius 3 is 1.79 bits per heavy atom. The van der Waals surface area contributed by atoms with Gasteiger partial charge in [-0.05, 0) is 0 Å². The Kier molecular flexibility index (Phi) is 17.2. The van der Waals surface area contributed by atoms with Gasteiger partial charge in [-0.3, -0.25) is 6.08 Å². The SMILES string of the molecule is CC1=[C-]C(C)=CC1.CCC1=[C-]C(CC)=CC1.[Cl-].[Cl-].[Hf+4]. The average Bonchev–Trinajstić information content (AvgIpc) is 2.88. The predicted molar refractivity (Wildman–Crippen MR) is 70.8 cm³/mol. The molecule has 0 aromatic heterocycles. The van der Waals surface area contributed by atoms with Gasteiger partial charge in [-0.2, -0.15) is 11.1 Å². The Labute approximate surface area is 150 Å². The fourth-order valence-electron chi connectivity index (χ4n) is 1.79. The van der Waals surface area contributed by atoms with Gasteiger partial charge in [-0.1, -0.05) is 53.4 Å². The van der Waals surface area contributed by atoms with Gasteiger partial charge in [0.05, 0.1) is 0 Å². The molecule has 2 aliphatic carbocycles. The average molecular weight is 464 g/mol. The smallest absolute Gasteiger partial charge is 1.00 e. The fourth-order valence-corrected chi connectivity index (χ4v) is 1.79. The van der Waals surface area contributed by atoms with Crippen molar-refractivity contribution in [3.05, 3.63) is 46.6 Å². The molecule has 0 fully saturated rings. The Morgan fingerprint density at radius 2 is 1.58 bits per heavy atom. The number of rotatable bonds is 2. The monoisotopic (exact) mass is 464 g/mol. The molecule has 0 heterocycles. The van der Waals surface area contributed by atoms with Gasteiger partial charge in [0.15, 0.2) is 0 Å². The van der Waals surface area contributed by atoms with Crippen molar-refractivity contribution < 1.29 is 50.7 Å². The molecule has 104 valence electrons. The van der Waals surface area contributed by atoms with Crippen LogP contribution < -0.4 is 24.8 Å². The summed E-state index contributed by atoms with van der Waals surface area (Å²) in [6.07, 6.45) is 15.6. The van der Waals surface area contributed by atoms with Crippen molar-refractivity contribution in [3.63, 3.8) is 0 Å². The second-order valence-corrected chi connectivity index (χ2v) is 4.37. The van der Waals surface area contributed by atoms with E-state index in [1.807, 2.05) is 0 Å². The van der Waals surface area contributed by atoms with Crippen molar-refractivity contribution in [3.8, 4) is 0 Å². The largest absolute Gasteiger partial charge is 4.00 e. The third kappa shape index (κ3) is 9.87. The van der Waals surface area contributed by atoms with Crippen LogP contribution in [0.3, 0.4) is 0 Å². The maximum atomic E-state index is 3.37. The first-order valence-electron chi connectivity index (χ1n) is 6.22.